The van der Waals surface area contributed by atoms with Crippen LogP contribution in [0.2, 0.25) is 0 Å². The number of aryl methyl sites for hydroxylation is 2. The minimum Gasteiger partial charge on any atom is -0.327 e. The van der Waals surface area contributed by atoms with E-state index in [1.54, 1.807) is 4.68 Å². The highest BCUT2D eigenvalue weighted by molar-refractivity contribution is 7.07. The first-order valence-electron chi connectivity index (χ1n) is 6.53. The molecule has 106 valence electrons. The molecular weight excluding hydrogens is 274 g/mol. The van der Waals surface area contributed by atoms with Gasteiger partial charge in [0.2, 0.25) is 0 Å². The van der Waals surface area contributed by atoms with Gasteiger partial charge in [0.1, 0.15) is 0 Å². The van der Waals surface area contributed by atoms with E-state index in [-0.39, 0.29) is 17.7 Å². The fraction of sp³-hybridized carbons (Fsp3) is 0.462. The Hall–Kier alpha value is -1.73. The first-order valence-corrected chi connectivity index (χ1v) is 7.41. The number of carbonyl (C=O) groups is 1. The lowest BCUT2D eigenvalue weighted by Crippen LogP contribution is -2.23. The molecule has 3 heterocycles. The van der Waals surface area contributed by atoms with Gasteiger partial charge in [-0.2, -0.15) is 10.1 Å². The largest absolute Gasteiger partial charge is 0.327 e. The topological polar surface area (TPSA) is 64.2 Å². The fourth-order valence-corrected chi connectivity index (χ4v) is 3.27. The summed E-state index contributed by atoms with van der Waals surface area (Å²) in [5.74, 6) is -0.00609. The number of hydrogen-bond acceptors (Lipinski definition) is 4. The summed E-state index contributed by atoms with van der Waals surface area (Å²) in [5, 5.41) is 9.40. The predicted octanol–water partition coefficient (Wildman–Crippen LogP) is 0.251. The third-order valence-corrected chi connectivity index (χ3v) is 4.50. The van der Waals surface area contributed by atoms with Gasteiger partial charge in [0.25, 0.3) is 5.91 Å². The Morgan fingerprint density at radius 1 is 1.50 bits per heavy atom. The second-order valence-electron chi connectivity index (χ2n) is 5.07. The number of amides is 1. The summed E-state index contributed by atoms with van der Waals surface area (Å²) >= 11 is 1.48. The summed E-state index contributed by atoms with van der Waals surface area (Å²) in [6, 6.07) is 0. The maximum Gasteiger partial charge on any atom is 0.253 e. The van der Waals surface area contributed by atoms with Crippen LogP contribution < -0.4 is 10.1 Å². The van der Waals surface area contributed by atoms with Gasteiger partial charge >= 0.3 is 0 Å². The van der Waals surface area contributed by atoms with Crippen LogP contribution in [0.5, 0.6) is 0 Å². The molecule has 1 fully saturated rings. The van der Waals surface area contributed by atoms with E-state index in [0.717, 1.165) is 16.9 Å². The van der Waals surface area contributed by atoms with E-state index < -0.39 is 0 Å². The maximum atomic E-state index is 12.4. The summed E-state index contributed by atoms with van der Waals surface area (Å²) in [6.45, 7) is 1.48. The molecule has 1 aliphatic rings. The summed E-state index contributed by atoms with van der Waals surface area (Å²) in [5.41, 5.74) is 1.10. The van der Waals surface area contributed by atoms with E-state index >= 15 is 0 Å². The Morgan fingerprint density at radius 2 is 2.35 bits per heavy atom. The highest BCUT2D eigenvalue weighted by atomic mass is 32.1. The molecule has 0 spiro atoms. The van der Waals surface area contributed by atoms with Crippen molar-refractivity contribution in [3.63, 3.8) is 0 Å². The van der Waals surface area contributed by atoms with Crippen LogP contribution in [-0.2, 0) is 18.9 Å². The average molecular weight is 291 g/mol. The van der Waals surface area contributed by atoms with E-state index in [2.05, 4.69) is 15.4 Å². The molecule has 0 aromatic carbocycles. The molecule has 1 N–H and O–H groups in total. The van der Waals surface area contributed by atoms with E-state index in [1.165, 1.54) is 11.3 Å². The maximum absolute atomic E-state index is 12.4. The molecule has 6 nitrogen and oxygen atoms in total. The molecule has 3 rings (SSSR count). The van der Waals surface area contributed by atoms with Crippen molar-refractivity contribution in [2.45, 2.75) is 5.92 Å². The van der Waals surface area contributed by atoms with E-state index in [1.807, 2.05) is 42.6 Å². The van der Waals surface area contributed by atoms with Crippen molar-refractivity contribution in [2.24, 2.45) is 25.0 Å². The lowest BCUT2D eigenvalue weighted by Gasteiger charge is -2.13. The number of thiazole rings is 1. The number of rotatable bonds is 2. The van der Waals surface area contributed by atoms with Gasteiger partial charge in [-0.1, -0.05) is 0 Å². The van der Waals surface area contributed by atoms with Crippen molar-refractivity contribution < 1.29 is 4.79 Å². The number of aromatic nitrogens is 3. The van der Waals surface area contributed by atoms with Crippen molar-refractivity contribution in [2.75, 3.05) is 13.1 Å². The van der Waals surface area contributed by atoms with Gasteiger partial charge < -0.3 is 9.88 Å². The molecule has 0 unspecified atom stereocenters. The first kappa shape index (κ1) is 13.3. The third kappa shape index (κ3) is 2.46. The lowest BCUT2D eigenvalue weighted by atomic mass is 9.90. The molecule has 2 aromatic rings. The molecule has 1 amide bonds. The Labute approximate surface area is 120 Å². The minimum atomic E-state index is -0.110. The van der Waals surface area contributed by atoms with Crippen LogP contribution in [0, 0.1) is 5.92 Å². The summed E-state index contributed by atoms with van der Waals surface area (Å²) in [6.07, 6.45) is 5.72. The van der Waals surface area contributed by atoms with Crippen LogP contribution in [0.1, 0.15) is 11.5 Å². The summed E-state index contributed by atoms with van der Waals surface area (Å²) < 4.78 is 3.63. The Balaban J connectivity index is 1.86. The van der Waals surface area contributed by atoms with E-state index in [4.69, 9.17) is 0 Å². The van der Waals surface area contributed by atoms with Crippen molar-refractivity contribution in [1.82, 2.24) is 19.7 Å². The predicted molar refractivity (Wildman–Crippen MR) is 76.2 cm³/mol. The number of hydrogen-bond donors (Lipinski definition) is 1. The summed E-state index contributed by atoms with van der Waals surface area (Å²) in [7, 11) is 3.78. The van der Waals surface area contributed by atoms with Gasteiger partial charge in [-0.25, -0.2) is 0 Å². The Kier molecular flexibility index (Phi) is 3.54. The van der Waals surface area contributed by atoms with E-state index in [0.29, 0.717) is 6.54 Å². The van der Waals surface area contributed by atoms with Crippen molar-refractivity contribution in [1.29, 1.82) is 0 Å². The molecule has 1 saturated heterocycles. The Morgan fingerprint density at radius 3 is 3.00 bits per heavy atom. The molecule has 0 bridgehead atoms. The zero-order valence-electron chi connectivity index (χ0n) is 11.5. The van der Waals surface area contributed by atoms with Gasteiger partial charge in [0, 0.05) is 50.9 Å². The lowest BCUT2D eigenvalue weighted by molar-refractivity contribution is -0.121. The second kappa shape index (κ2) is 5.34. The average Bonchev–Trinajstić information content (AvgIpc) is 3.11. The Bertz CT molecular complexity index is 683. The highest BCUT2D eigenvalue weighted by Gasteiger charge is 2.34. The quantitative estimate of drug-likeness (QED) is 0.863. The van der Waals surface area contributed by atoms with Gasteiger partial charge in [0.15, 0.2) is 4.80 Å². The van der Waals surface area contributed by atoms with Crippen LogP contribution in [0.15, 0.2) is 29.0 Å². The number of nitrogens with zero attached hydrogens (tertiary/aromatic N) is 4. The van der Waals surface area contributed by atoms with Gasteiger partial charge in [0.05, 0.1) is 12.1 Å². The third-order valence-electron chi connectivity index (χ3n) is 3.65. The molecule has 20 heavy (non-hydrogen) atoms. The zero-order valence-corrected chi connectivity index (χ0v) is 12.3. The summed E-state index contributed by atoms with van der Waals surface area (Å²) in [4.78, 5) is 17.4. The number of carbonyl (C=O) groups excluding carboxylic acids is 1. The monoisotopic (exact) mass is 291 g/mol. The highest BCUT2D eigenvalue weighted by Crippen LogP contribution is 2.28. The molecule has 0 saturated carbocycles. The fourth-order valence-electron chi connectivity index (χ4n) is 2.53. The SMILES string of the molecule is Cn1cc([C@H]2CNC[C@@H]2C(=O)N=c2sccn2C)cn1. The minimum absolute atomic E-state index is 0.0538. The molecular formula is C13H17N5OS. The molecule has 0 radical (unpaired) electrons. The van der Waals surface area contributed by atoms with Crippen LogP contribution in [0.25, 0.3) is 0 Å². The van der Waals surface area contributed by atoms with Crippen LogP contribution >= 0.6 is 11.3 Å². The molecule has 2 aromatic heterocycles. The zero-order chi connectivity index (χ0) is 14.1. The molecule has 2 atom stereocenters. The normalized spacial score (nSPS) is 23.4. The smallest absolute Gasteiger partial charge is 0.253 e. The van der Waals surface area contributed by atoms with Gasteiger partial charge in [-0.15, -0.1) is 11.3 Å². The molecule has 7 heteroatoms. The van der Waals surface area contributed by atoms with E-state index in [9.17, 15) is 4.79 Å². The number of nitrogens with one attached hydrogen (secondary N) is 1. The van der Waals surface area contributed by atoms with Crippen LogP contribution in [-0.4, -0.2) is 33.3 Å². The molecule has 1 aliphatic heterocycles. The van der Waals surface area contributed by atoms with Crippen LogP contribution in [0.4, 0.5) is 0 Å². The van der Waals surface area contributed by atoms with Gasteiger partial charge in [-0.3, -0.25) is 9.48 Å². The van der Waals surface area contributed by atoms with Crippen molar-refractivity contribution in [3.8, 4) is 0 Å². The van der Waals surface area contributed by atoms with Crippen LogP contribution in [0.3, 0.4) is 0 Å². The van der Waals surface area contributed by atoms with Crippen molar-refractivity contribution >= 4 is 17.2 Å². The van der Waals surface area contributed by atoms with Crippen molar-refractivity contribution in [3.05, 3.63) is 34.3 Å². The standard InChI is InChI=1S/C13H17N5OS/c1-17-3-4-20-13(17)16-12(19)11-7-14-6-10(11)9-5-15-18(2)8-9/h3-5,8,10-11,14H,6-7H2,1-2H3/t10-,11+/m1/s1. The molecule has 0 aliphatic carbocycles. The van der Waals surface area contributed by atoms with Gasteiger partial charge in [-0.05, 0) is 5.56 Å². The second-order valence-corrected chi connectivity index (χ2v) is 5.94. The first-order chi connectivity index (χ1) is 9.65.